The van der Waals surface area contributed by atoms with E-state index in [0.717, 1.165) is 0 Å². The fourth-order valence-corrected chi connectivity index (χ4v) is 3.16. The standard InChI is InChI=1S/C18H26N2O4/c1-18(2,3)15-11-13(9-10-20(15)17(22)23)19-16(21)12-5-7-14(24-4)8-6-12/h5-8,13,15H,9-11H2,1-4H3,(H,19,21)(H,22,23). The Morgan fingerprint density at radius 1 is 1.25 bits per heavy atom. The molecule has 0 spiro atoms. The number of rotatable bonds is 3. The highest BCUT2D eigenvalue weighted by molar-refractivity contribution is 5.94. The van der Waals surface area contributed by atoms with Crippen molar-refractivity contribution in [2.24, 2.45) is 5.41 Å². The lowest BCUT2D eigenvalue weighted by Gasteiger charge is -2.44. The number of hydrogen-bond donors (Lipinski definition) is 2. The summed E-state index contributed by atoms with van der Waals surface area (Å²) in [6.45, 7) is 6.52. The first-order valence-corrected chi connectivity index (χ1v) is 8.17. The van der Waals surface area contributed by atoms with Crippen molar-refractivity contribution in [3.05, 3.63) is 29.8 Å². The molecule has 1 aromatic carbocycles. The predicted molar refractivity (Wildman–Crippen MR) is 91.5 cm³/mol. The number of hydrogen-bond acceptors (Lipinski definition) is 3. The van der Waals surface area contributed by atoms with Crippen LogP contribution in [0.2, 0.25) is 0 Å². The zero-order chi connectivity index (χ0) is 17.9. The van der Waals surface area contributed by atoms with E-state index in [4.69, 9.17) is 4.74 Å². The molecule has 1 fully saturated rings. The molecule has 0 saturated carbocycles. The van der Waals surface area contributed by atoms with Gasteiger partial charge in [-0.15, -0.1) is 0 Å². The summed E-state index contributed by atoms with van der Waals surface area (Å²) in [5.41, 5.74) is 0.394. The van der Waals surface area contributed by atoms with Crippen LogP contribution in [0.1, 0.15) is 44.0 Å². The van der Waals surface area contributed by atoms with Gasteiger partial charge >= 0.3 is 6.09 Å². The number of methoxy groups -OCH3 is 1. The molecule has 132 valence electrons. The number of nitrogens with zero attached hydrogens (tertiary/aromatic N) is 1. The molecule has 1 aromatic rings. The van der Waals surface area contributed by atoms with Crippen molar-refractivity contribution in [2.75, 3.05) is 13.7 Å². The second kappa shape index (κ2) is 7.11. The number of carboxylic acid groups (broad SMARTS) is 1. The summed E-state index contributed by atoms with van der Waals surface area (Å²) in [6.07, 6.45) is 0.355. The van der Waals surface area contributed by atoms with E-state index in [2.05, 4.69) is 5.32 Å². The molecule has 0 aliphatic carbocycles. The van der Waals surface area contributed by atoms with Gasteiger partial charge < -0.3 is 20.1 Å². The van der Waals surface area contributed by atoms with Crippen LogP contribution in [-0.2, 0) is 0 Å². The molecule has 0 aromatic heterocycles. The Morgan fingerprint density at radius 2 is 1.88 bits per heavy atom. The Labute approximate surface area is 142 Å². The van der Waals surface area contributed by atoms with Crippen LogP contribution in [0.25, 0.3) is 0 Å². The van der Waals surface area contributed by atoms with Gasteiger partial charge in [0.1, 0.15) is 5.75 Å². The smallest absolute Gasteiger partial charge is 0.407 e. The van der Waals surface area contributed by atoms with Gasteiger partial charge in [0.15, 0.2) is 0 Å². The minimum Gasteiger partial charge on any atom is -0.497 e. The average molecular weight is 334 g/mol. The summed E-state index contributed by atoms with van der Waals surface area (Å²) in [7, 11) is 1.58. The Hall–Kier alpha value is -2.24. The molecular formula is C18H26N2O4. The van der Waals surface area contributed by atoms with Crippen molar-refractivity contribution >= 4 is 12.0 Å². The van der Waals surface area contributed by atoms with Crippen LogP contribution in [-0.4, -0.2) is 47.7 Å². The maximum atomic E-state index is 12.4. The third kappa shape index (κ3) is 4.19. The number of carbonyl (C=O) groups is 2. The quantitative estimate of drug-likeness (QED) is 0.891. The van der Waals surface area contributed by atoms with Gasteiger partial charge in [-0.25, -0.2) is 4.79 Å². The number of likely N-dealkylation sites (tertiary alicyclic amines) is 1. The normalized spacial score (nSPS) is 21.2. The number of amides is 2. The average Bonchev–Trinajstić information content (AvgIpc) is 2.53. The zero-order valence-electron chi connectivity index (χ0n) is 14.7. The number of ether oxygens (including phenoxy) is 1. The van der Waals surface area contributed by atoms with E-state index in [1.807, 2.05) is 20.8 Å². The van der Waals surface area contributed by atoms with E-state index in [0.29, 0.717) is 30.7 Å². The van der Waals surface area contributed by atoms with Crippen LogP contribution in [0.4, 0.5) is 4.79 Å². The van der Waals surface area contributed by atoms with Gasteiger partial charge in [-0.2, -0.15) is 0 Å². The Kier molecular flexibility index (Phi) is 5.36. The highest BCUT2D eigenvalue weighted by Crippen LogP contribution is 2.32. The van der Waals surface area contributed by atoms with Crippen molar-refractivity contribution in [3.8, 4) is 5.75 Å². The second-order valence-electron chi connectivity index (χ2n) is 7.28. The monoisotopic (exact) mass is 334 g/mol. The summed E-state index contributed by atoms with van der Waals surface area (Å²) in [4.78, 5) is 25.3. The summed E-state index contributed by atoms with van der Waals surface area (Å²) >= 11 is 0. The SMILES string of the molecule is COc1ccc(C(=O)NC2CCN(C(=O)O)C(C(C)(C)C)C2)cc1. The number of benzene rings is 1. The molecule has 24 heavy (non-hydrogen) atoms. The summed E-state index contributed by atoms with van der Waals surface area (Å²) < 4.78 is 5.09. The molecule has 2 rings (SSSR count). The zero-order valence-corrected chi connectivity index (χ0v) is 14.7. The van der Waals surface area contributed by atoms with Crippen molar-refractivity contribution < 1.29 is 19.4 Å². The van der Waals surface area contributed by atoms with Gasteiger partial charge in [0.2, 0.25) is 0 Å². The summed E-state index contributed by atoms with van der Waals surface area (Å²) in [6, 6.07) is 6.80. The highest BCUT2D eigenvalue weighted by Gasteiger charge is 2.39. The molecular weight excluding hydrogens is 308 g/mol. The molecule has 2 N–H and O–H groups in total. The minimum atomic E-state index is -0.894. The van der Waals surface area contributed by atoms with Gasteiger partial charge in [0.05, 0.1) is 7.11 Å². The van der Waals surface area contributed by atoms with E-state index in [1.165, 1.54) is 4.90 Å². The predicted octanol–water partition coefficient (Wildman–Crippen LogP) is 2.98. The van der Waals surface area contributed by atoms with E-state index < -0.39 is 6.09 Å². The fourth-order valence-electron chi connectivity index (χ4n) is 3.16. The topological polar surface area (TPSA) is 78.9 Å². The van der Waals surface area contributed by atoms with Gasteiger partial charge in [-0.05, 0) is 42.5 Å². The number of nitrogens with one attached hydrogen (secondary N) is 1. The van der Waals surface area contributed by atoms with Crippen molar-refractivity contribution in [1.82, 2.24) is 10.2 Å². The molecule has 0 radical (unpaired) electrons. The van der Waals surface area contributed by atoms with E-state index in [-0.39, 0.29) is 23.4 Å². The van der Waals surface area contributed by atoms with Crippen LogP contribution in [0.3, 0.4) is 0 Å². The van der Waals surface area contributed by atoms with Crippen LogP contribution in [0, 0.1) is 5.41 Å². The van der Waals surface area contributed by atoms with E-state index in [1.54, 1.807) is 31.4 Å². The second-order valence-corrected chi connectivity index (χ2v) is 7.28. The lowest BCUT2D eigenvalue weighted by molar-refractivity contribution is 0.0470. The van der Waals surface area contributed by atoms with E-state index in [9.17, 15) is 14.7 Å². The molecule has 0 bridgehead atoms. The maximum Gasteiger partial charge on any atom is 0.407 e. The van der Waals surface area contributed by atoms with Gasteiger partial charge in [-0.3, -0.25) is 4.79 Å². The van der Waals surface area contributed by atoms with Crippen LogP contribution >= 0.6 is 0 Å². The van der Waals surface area contributed by atoms with Crippen molar-refractivity contribution in [1.29, 1.82) is 0 Å². The van der Waals surface area contributed by atoms with E-state index >= 15 is 0 Å². The van der Waals surface area contributed by atoms with Crippen molar-refractivity contribution in [3.63, 3.8) is 0 Å². The molecule has 1 aliphatic rings. The summed E-state index contributed by atoms with van der Waals surface area (Å²) in [5, 5.41) is 12.4. The molecule has 1 heterocycles. The lowest BCUT2D eigenvalue weighted by Crippen LogP contribution is -2.56. The van der Waals surface area contributed by atoms with Gasteiger partial charge in [0.25, 0.3) is 5.91 Å². The highest BCUT2D eigenvalue weighted by atomic mass is 16.5. The Balaban J connectivity index is 2.04. The summed E-state index contributed by atoms with van der Waals surface area (Å²) in [5.74, 6) is 0.563. The molecule has 1 saturated heterocycles. The third-order valence-electron chi connectivity index (χ3n) is 4.54. The fraction of sp³-hybridized carbons (Fsp3) is 0.556. The molecule has 6 heteroatoms. The third-order valence-corrected chi connectivity index (χ3v) is 4.54. The Bertz CT molecular complexity index is 592. The first-order valence-electron chi connectivity index (χ1n) is 8.17. The number of carbonyl (C=O) groups excluding carboxylic acids is 1. The number of piperidine rings is 1. The van der Waals surface area contributed by atoms with Gasteiger partial charge in [0, 0.05) is 24.2 Å². The Morgan fingerprint density at radius 3 is 2.38 bits per heavy atom. The van der Waals surface area contributed by atoms with Gasteiger partial charge in [-0.1, -0.05) is 20.8 Å². The first-order chi connectivity index (χ1) is 11.2. The largest absolute Gasteiger partial charge is 0.497 e. The first kappa shape index (κ1) is 18.1. The minimum absolute atomic E-state index is 0.0283. The maximum absolute atomic E-state index is 12.4. The molecule has 1 aliphatic heterocycles. The van der Waals surface area contributed by atoms with Crippen LogP contribution < -0.4 is 10.1 Å². The molecule has 2 unspecified atom stereocenters. The molecule has 2 amide bonds. The lowest BCUT2D eigenvalue weighted by atomic mass is 9.79. The molecule has 6 nitrogen and oxygen atoms in total. The van der Waals surface area contributed by atoms with Crippen LogP contribution in [0.15, 0.2) is 24.3 Å². The van der Waals surface area contributed by atoms with Crippen LogP contribution in [0.5, 0.6) is 5.75 Å². The molecule has 2 atom stereocenters. The van der Waals surface area contributed by atoms with Crippen molar-refractivity contribution in [2.45, 2.75) is 45.7 Å².